The van der Waals surface area contributed by atoms with Crippen LogP contribution < -0.4 is 14.2 Å². The molecule has 0 aliphatic carbocycles. The van der Waals surface area contributed by atoms with E-state index in [2.05, 4.69) is 6.58 Å². The van der Waals surface area contributed by atoms with Crippen LogP contribution in [-0.4, -0.2) is 31.1 Å². The predicted molar refractivity (Wildman–Crippen MR) is 125 cm³/mol. The highest BCUT2D eigenvalue weighted by Gasteiger charge is 2.12. The van der Waals surface area contributed by atoms with E-state index in [9.17, 15) is 14.4 Å². The number of benzene rings is 3. The first-order valence-electron chi connectivity index (χ1n) is 10.6. The third kappa shape index (κ3) is 7.06. The first-order valence-corrected chi connectivity index (χ1v) is 10.6. The maximum atomic E-state index is 12.5. The molecule has 0 bridgehead atoms. The van der Waals surface area contributed by atoms with Gasteiger partial charge in [-0.15, -0.1) is 0 Å². The minimum absolute atomic E-state index is 0.0539. The van der Waals surface area contributed by atoms with E-state index >= 15 is 0 Å². The summed E-state index contributed by atoms with van der Waals surface area (Å²) in [5.41, 5.74) is 1.75. The van der Waals surface area contributed by atoms with Crippen molar-refractivity contribution in [2.75, 3.05) is 13.2 Å². The lowest BCUT2D eigenvalue weighted by atomic mass is 10.2. The lowest BCUT2D eigenvalue weighted by molar-refractivity contribution is -0.138. The van der Waals surface area contributed by atoms with Crippen LogP contribution in [0.2, 0.25) is 0 Å². The summed E-state index contributed by atoms with van der Waals surface area (Å²) < 4.78 is 21.1. The summed E-state index contributed by atoms with van der Waals surface area (Å²) in [7, 11) is 0. The molecule has 174 valence electrons. The van der Waals surface area contributed by atoms with Crippen molar-refractivity contribution >= 4 is 17.9 Å². The van der Waals surface area contributed by atoms with Gasteiger partial charge in [-0.2, -0.15) is 0 Å². The maximum Gasteiger partial charge on any atom is 0.343 e. The Hall–Kier alpha value is -4.39. The molecule has 0 fully saturated rings. The van der Waals surface area contributed by atoms with Gasteiger partial charge in [0.1, 0.15) is 30.5 Å². The van der Waals surface area contributed by atoms with Crippen LogP contribution in [0, 0.1) is 0 Å². The van der Waals surface area contributed by atoms with E-state index in [4.69, 9.17) is 18.9 Å². The van der Waals surface area contributed by atoms with Crippen molar-refractivity contribution in [1.82, 2.24) is 0 Å². The van der Waals surface area contributed by atoms with Crippen molar-refractivity contribution in [1.29, 1.82) is 0 Å². The van der Waals surface area contributed by atoms with E-state index in [1.54, 1.807) is 30.3 Å². The molecule has 7 heteroatoms. The van der Waals surface area contributed by atoms with Gasteiger partial charge >= 0.3 is 17.9 Å². The second kappa shape index (κ2) is 12.0. The fourth-order valence-electron chi connectivity index (χ4n) is 2.86. The summed E-state index contributed by atoms with van der Waals surface area (Å²) in [5, 5.41) is 0. The Morgan fingerprint density at radius 1 is 0.765 bits per heavy atom. The Kier molecular flexibility index (Phi) is 8.57. The molecule has 0 unspecified atom stereocenters. The Morgan fingerprint density at radius 2 is 1.38 bits per heavy atom. The molecule has 0 aliphatic rings. The van der Waals surface area contributed by atoms with E-state index in [1.807, 2.05) is 19.1 Å². The van der Waals surface area contributed by atoms with Gasteiger partial charge in [0.05, 0.1) is 11.1 Å². The van der Waals surface area contributed by atoms with E-state index in [0.29, 0.717) is 17.1 Å². The molecular formula is C27H24O7. The number of hydrogen-bond acceptors (Lipinski definition) is 7. The largest absolute Gasteiger partial charge is 0.490 e. The number of esters is 3. The molecule has 3 aromatic rings. The fourth-order valence-corrected chi connectivity index (χ4v) is 2.86. The number of hydrogen-bond donors (Lipinski definition) is 0. The second-order valence-electron chi connectivity index (χ2n) is 7.05. The van der Waals surface area contributed by atoms with Crippen molar-refractivity contribution in [2.24, 2.45) is 0 Å². The third-order valence-corrected chi connectivity index (χ3v) is 4.68. The highest BCUT2D eigenvalue weighted by molar-refractivity contribution is 5.93. The van der Waals surface area contributed by atoms with E-state index < -0.39 is 17.9 Å². The standard InChI is InChI=1S/C27H24O7/c1-3-19-8-12-22(13-9-19)33-26(29)20-10-14-23(15-11-20)34-27(30)21-6-5-7-24(18-21)31-16-17-32-25(28)4-2/h4-15,18H,2-3,16-17H2,1H3. The molecule has 3 rings (SSSR count). The van der Waals surface area contributed by atoms with Crippen molar-refractivity contribution in [3.05, 3.63) is 102 Å². The second-order valence-corrected chi connectivity index (χ2v) is 7.05. The molecule has 34 heavy (non-hydrogen) atoms. The van der Waals surface area contributed by atoms with E-state index in [-0.39, 0.29) is 24.5 Å². The van der Waals surface area contributed by atoms with Gasteiger partial charge in [-0.05, 0) is 66.6 Å². The maximum absolute atomic E-state index is 12.5. The van der Waals surface area contributed by atoms with Crippen molar-refractivity contribution in [3.63, 3.8) is 0 Å². The minimum atomic E-state index is -0.588. The Bertz CT molecular complexity index is 1150. The zero-order valence-electron chi connectivity index (χ0n) is 18.7. The summed E-state index contributed by atoms with van der Waals surface area (Å²) in [6.45, 7) is 5.53. The van der Waals surface area contributed by atoms with Gasteiger partial charge in [-0.25, -0.2) is 14.4 Å². The minimum Gasteiger partial charge on any atom is -0.490 e. The van der Waals surface area contributed by atoms with Crippen LogP contribution >= 0.6 is 0 Å². The van der Waals surface area contributed by atoms with Crippen molar-refractivity contribution < 1.29 is 33.3 Å². The molecule has 0 saturated carbocycles. The highest BCUT2D eigenvalue weighted by atomic mass is 16.6. The van der Waals surface area contributed by atoms with Gasteiger partial charge in [0.2, 0.25) is 0 Å². The predicted octanol–water partition coefficient (Wildman–Crippen LogP) is 4.80. The van der Waals surface area contributed by atoms with Crippen LogP contribution in [0.15, 0.2) is 85.5 Å². The molecule has 0 aliphatic heterocycles. The SMILES string of the molecule is C=CC(=O)OCCOc1cccc(C(=O)Oc2ccc(C(=O)Oc3ccc(CC)cc3)cc2)c1. The topological polar surface area (TPSA) is 88.1 Å². The molecule has 0 heterocycles. The van der Waals surface area contributed by atoms with Crippen LogP contribution in [0.1, 0.15) is 33.2 Å². The van der Waals surface area contributed by atoms with Crippen molar-refractivity contribution in [3.8, 4) is 17.2 Å². The van der Waals surface area contributed by atoms with Crippen LogP contribution in [-0.2, 0) is 16.0 Å². The summed E-state index contributed by atoms with van der Waals surface area (Å²) in [6, 6.07) is 19.8. The summed E-state index contributed by atoms with van der Waals surface area (Å²) in [5.74, 6) is -0.476. The average Bonchev–Trinajstić information content (AvgIpc) is 2.87. The van der Waals surface area contributed by atoms with E-state index in [0.717, 1.165) is 18.1 Å². The molecule has 0 atom stereocenters. The van der Waals surface area contributed by atoms with Gasteiger partial charge in [0, 0.05) is 6.08 Å². The zero-order chi connectivity index (χ0) is 24.3. The van der Waals surface area contributed by atoms with Crippen LogP contribution in [0.4, 0.5) is 0 Å². The molecule has 7 nitrogen and oxygen atoms in total. The lowest BCUT2D eigenvalue weighted by Crippen LogP contribution is -2.12. The number of ether oxygens (including phenoxy) is 4. The van der Waals surface area contributed by atoms with Gasteiger partial charge in [-0.3, -0.25) is 0 Å². The molecule has 3 aromatic carbocycles. The van der Waals surface area contributed by atoms with Gasteiger partial charge in [-0.1, -0.05) is 31.7 Å². The Balaban J connectivity index is 1.54. The van der Waals surface area contributed by atoms with Crippen molar-refractivity contribution in [2.45, 2.75) is 13.3 Å². The third-order valence-electron chi connectivity index (χ3n) is 4.68. The Morgan fingerprint density at radius 3 is 2.00 bits per heavy atom. The normalized spacial score (nSPS) is 10.1. The molecule has 0 radical (unpaired) electrons. The fraction of sp³-hybridized carbons (Fsp3) is 0.148. The van der Waals surface area contributed by atoms with Crippen LogP contribution in [0.3, 0.4) is 0 Å². The van der Waals surface area contributed by atoms with Gasteiger partial charge < -0.3 is 18.9 Å². The number of carbonyl (C=O) groups excluding carboxylic acids is 3. The molecule has 0 amide bonds. The first-order chi connectivity index (χ1) is 16.5. The molecule has 0 N–H and O–H groups in total. The molecule has 0 saturated heterocycles. The van der Waals surface area contributed by atoms with Crippen LogP contribution in [0.25, 0.3) is 0 Å². The van der Waals surface area contributed by atoms with E-state index in [1.165, 1.54) is 30.3 Å². The van der Waals surface area contributed by atoms with Gasteiger partial charge in [0.15, 0.2) is 0 Å². The average molecular weight is 460 g/mol. The summed E-state index contributed by atoms with van der Waals surface area (Å²) in [4.78, 5) is 35.9. The van der Waals surface area contributed by atoms with Gasteiger partial charge in [0.25, 0.3) is 0 Å². The summed E-state index contributed by atoms with van der Waals surface area (Å²) >= 11 is 0. The lowest BCUT2D eigenvalue weighted by Gasteiger charge is -2.09. The highest BCUT2D eigenvalue weighted by Crippen LogP contribution is 2.19. The monoisotopic (exact) mass is 460 g/mol. The first kappa shape index (κ1) is 24.3. The number of aryl methyl sites for hydroxylation is 1. The quantitative estimate of drug-likeness (QED) is 0.186. The smallest absolute Gasteiger partial charge is 0.343 e. The number of rotatable bonds is 10. The molecule has 0 aromatic heterocycles. The summed E-state index contributed by atoms with van der Waals surface area (Å²) in [6.07, 6.45) is 1.97. The zero-order valence-corrected chi connectivity index (χ0v) is 18.7. The Labute approximate surface area is 197 Å². The molecule has 0 spiro atoms. The molecular weight excluding hydrogens is 436 g/mol. The van der Waals surface area contributed by atoms with Crippen LogP contribution in [0.5, 0.6) is 17.2 Å². The number of carbonyl (C=O) groups is 3.